The molecule has 2 aromatic carbocycles. The number of nitrogens with one attached hydrogen (secondary N) is 1. The van der Waals surface area contributed by atoms with Gasteiger partial charge in [-0.25, -0.2) is 0 Å². The molecule has 0 saturated heterocycles. The second-order valence-corrected chi connectivity index (χ2v) is 4.30. The quantitative estimate of drug-likeness (QED) is 0.634. The number of nitrogens with zero attached hydrogens (tertiary/aromatic N) is 1. The maximum absolute atomic E-state index is 5.48. The minimum Gasteiger partial charge on any atom is -0.361 e. The fourth-order valence-corrected chi connectivity index (χ4v) is 2.30. The first kappa shape index (κ1) is 9.48. The minimum absolute atomic E-state index is 0.786. The zero-order chi connectivity index (χ0) is 11.9. The summed E-state index contributed by atoms with van der Waals surface area (Å²) in [6, 6.07) is 14.0. The van der Waals surface area contributed by atoms with E-state index in [-0.39, 0.29) is 0 Å². The number of hydrogen-bond donors (Lipinski definition) is 1. The fraction of sp³-hybridized carbons (Fsp3) is 0. The summed E-state index contributed by atoms with van der Waals surface area (Å²) in [7, 11) is 0. The van der Waals surface area contributed by atoms with Crippen LogP contribution in [0.5, 0.6) is 5.75 Å². The predicted molar refractivity (Wildman–Crippen MR) is 69.7 cm³/mol. The highest BCUT2D eigenvalue weighted by Crippen LogP contribution is 2.19. The van der Waals surface area contributed by atoms with Gasteiger partial charge in [-0.2, -0.15) is 0 Å². The lowest BCUT2D eigenvalue weighted by Crippen LogP contribution is -2.25. The van der Waals surface area contributed by atoms with Crippen molar-refractivity contribution in [3.63, 3.8) is 0 Å². The van der Waals surface area contributed by atoms with Crippen LogP contribution in [0.25, 0.3) is 17.0 Å². The van der Waals surface area contributed by atoms with Crippen molar-refractivity contribution in [2.24, 2.45) is 5.16 Å². The number of hydrogen-bond acceptors (Lipinski definition) is 2. The molecule has 3 heteroatoms. The first-order chi connectivity index (χ1) is 8.92. The van der Waals surface area contributed by atoms with Gasteiger partial charge in [-0.05, 0) is 24.3 Å². The molecule has 0 fully saturated rings. The van der Waals surface area contributed by atoms with Gasteiger partial charge in [0.05, 0.1) is 5.52 Å². The third-order valence-electron chi connectivity index (χ3n) is 3.21. The van der Waals surface area contributed by atoms with Crippen LogP contribution in [-0.2, 0) is 0 Å². The molecule has 1 aliphatic heterocycles. The van der Waals surface area contributed by atoms with E-state index in [1.165, 1.54) is 5.39 Å². The van der Waals surface area contributed by atoms with E-state index in [0.29, 0.717) is 0 Å². The second-order valence-electron chi connectivity index (χ2n) is 4.30. The van der Waals surface area contributed by atoms with Gasteiger partial charge in [-0.3, -0.25) is 0 Å². The van der Waals surface area contributed by atoms with Gasteiger partial charge >= 0.3 is 0 Å². The van der Waals surface area contributed by atoms with Crippen molar-refractivity contribution >= 4 is 17.0 Å². The number of aromatic nitrogens is 1. The lowest BCUT2D eigenvalue weighted by molar-refractivity contribution is 0.325. The number of aromatic amines is 1. The fourth-order valence-electron chi connectivity index (χ4n) is 2.30. The van der Waals surface area contributed by atoms with Crippen molar-refractivity contribution in [1.29, 1.82) is 0 Å². The van der Waals surface area contributed by atoms with E-state index in [2.05, 4.69) is 22.3 Å². The zero-order valence-electron chi connectivity index (χ0n) is 9.55. The molecule has 86 valence electrons. The van der Waals surface area contributed by atoms with Crippen LogP contribution < -0.4 is 15.4 Å². The lowest BCUT2D eigenvalue weighted by atomic mass is 10.1. The van der Waals surface area contributed by atoms with Crippen molar-refractivity contribution in [2.75, 3.05) is 0 Å². The average Bonchev–Trinajstić information content (AvgIpc) is 2.80. The van der Waals surface area contributed by atoms with Crippen LogP contribution in [0.3, 0.4) is 0 Å². The maximum atomic E-state index is 5.48. The molecule has 0 saturated carbocycles. The van der Waals surface area contributed by atoms with Gasteiger partial charge in [0.15, 0.2) is 5.75 Å². The first-order valence-electron chi connectivity index (χ1n) is 5.84. The molecule has 0 spiro atoms. The molecule has 1 N–H and O–H groups in total. The summed E-state index contributed by atoms with van der Waals surface area (Å²) in [5, 5.41) is 7.31. The Kier molecular flexibility index (Phi) is 1.83. The monoisotopic (exact) mass is 234 g/mol. The summed E-state index contributed by atoms with van der Waals surface area (Å²) >= 11 is 0. The van der Waals surface area contributed by atoms with E-state index in [4.69, 9.17) is 4.84 Å². The van der Waals surface area contributed by atoms with Crippen LogP contribution in [0.15, 0.2) is 53.8 Å². The van der Waals surface area contributed by atoms with Gasteiger partial charge in [-0.15, -0.1) is 0 Å². The number of H-pyrrole nitrogens is 1. The molecule has 0 bridgehead atoms. The smallest absolute Gasteiger partial charge is 0.165 e. The van der Waals surface area contributed by atoms with Gasteiger partial charge in [0.2, 0.25) is 0 Å². The van der Waals surface area contributed by atoms with Crippen molar-refractivity contribution in [3.8, 4) is 5.75 Å². The van der Waals surface area contributed by atoms with Crippen molar-refractivity contribution in [3.05, 3.63) is 64.8 Å². The highest BCUT2D eigenvalue weighted by atomic mass is 16.6. The van der Waals surface area contributed by atoms with E-state index < -0.39 is 0 Å². The largest absolute Gasteiger partial charge is 0.361 e. The molecule has 4 rings (SSSR count). The Bertz CT molecular complexity index is 862. The number of fused-ring (bicyclic) bond motifs is 4. The van der Waals surface area contributed by atoms with Crippen molar-refractivity contribution < 1.29 is 4.84 Å². The molecule has 1 aliphatic rings. The Labute approximate surface area is 103 Å². The summed E-state index contributed by atoms with van der Waals surface area (Å²) in [5.41, 5.74) is 2.14. The van der Waals surface area contributed by atoms with Gasteiger partial charge in [-0.1, -0.05) is 29.4 Å². The number of benzene rings is 2. The Morgan fingerprint density at radius 3 is 2.94 bits per heavy atom. The lowest BCUT2D eigenvalue weighted by Gasteiger charge is -1.99. The molecule has 0 radical (unpaired) electrons. The van der Waals surface area contributed by atoms with Crippen LogP contribution in [0, 0.1) is 0 Å². The van der Waals surface area contributed by atoms with E-state index in [1.54, 1.807) is 0 Å². The van der Waals surface area contributed by atoms with Crippen LogP contribution in [-0.4, -0.2) is 4.98 Å². The van der Waals surface area contributed by atoms with Crippen LogP contribution in [0.4, 0.5) is 0 Å². The van der Waals surface area contributed by atoms with Crippen LogP contribution >= 0.6 is 0 Å². The molecule has 3 aromatic rings. The van der Waals surface area contributed by atoms with Gasteiger partial charge < -0.3 is 9.82 Å². The molecule has 18 heavy (non-hydrogen) atoms. The molecular formula is C15H10N2O. The topological polar surface area (TPSA) is 37.4 Å². The van der Waals surface area contributed by atoms with Gasteiger partial charge in [0, 0.05) is 22.4 Å². The van der Waals surface area contributed by atoms with Crippen LogP contribution in [0.2, 0.25) is 0 Å². The average molecular weight is 234 g/mol. The standard InChI is InChI=1S/C15H10N2O/c1-2-4-14-11(3-1)9-12-13(17-18-14)6-5-10-7-8-16-15(10)12/h1-9,16H. The van der Waals surface area contributed by atoms with Gasteiger partial charge in [0.25, 0.3) is 0 Å². The third kappa shape index (κ3) is 1.27. The highest BCUT2D eigenvalue weighted by molar-refractivity contribution is 5.81. The molecule has 1 aromatic heterocycles. The molecule has 2 heterocycles. The van der Waals surface area contributed by atoms with E-state index in [1.807, 2.05) is 42.6 Å². The molecule has 0 atom stereocenters. The Morgan fingerprint density at radius 2 is 1.94 bits per heavy atom. The minimum atomic E-state index is 0.786. The summed E-state index contributed by atoms with van der Waals surface area (Å²) in [4.78, 5) is 8.74. The molecule has 3 nitrogen and oxygen atoms in total. The second kappa shape index (κ2) is 3.47. The maximum Gasteiger partial charge on any atom is 0.165 e. The summed E-state index contributed by atoms with van der Waals surface area (Å²) in [5.74, 6) is 0.786. The number of para-hydroxylation sites is 1. The molecule has 0 unspecified atom stereocenters. The highest BCUT2D eigenvalue weighted by Gasteiger charge is 2.06. The first-order valence-corrected chi connectivity index (χ1v) is 5.84. The molecular weight excluding hydrogens is 224 g/mol. The van der Waals surface area contributed by atoms with Crippen LogP contribution in [0.1, 0.15) is 5.56 Å². The third-order valence-corrected chi connectivity index (χ3v) is 3.21. The Balaban J connectivity index is 2.20. The SMILES string of the molecule is C1=c2c(ccc3cc[nH]c23)=NOc2ccccc21. The van der Waals surface area contributed by atoms with Crippen molar-refractivity contribution in [2.45, 2.75) is 0 Å². The van der Waals surface area contributed by atoms with E-state index in [9.17, 15) is 0 Å². The zero-order valence-corrected chi connectivity index (χ0v) is 9.55. The summed E-state index contributed by atoms with van der Waals surface area (Å²) in [6.07, 6.45) is 4.05. The number of rotatable bonds is 0. The summed E-state index contributed by atoms with van der Waals surface area (Å²) < 4.78 is 0. The van der Waals surface area contributed by atoms with Gasteiger partial charge in [0.1, 0.15) is 5.36 Å². The molecule has 0 amide bonds. The normalized spacial score (nSPS) is 12.7. The van der Waals surface area contributed by atoms with E-state index >= 15 is 0 Å². The molecule has 0 aliphatic carbocycles. The van der Waals surface area contributed by atoms with Crippen molar-refractivity contribution in [1.82, 2.24) is 4.98 Å². The Morgan fingerprint density at radius 1 is 1.00 bits per heavy atom. The Hall–Kier alpha value is -2.55. The summed E-state index contributed by atoms with van der Waals surface area (Å²) in [6.45, 7) is 0. The predicted octanol–water partition coefficient (Wildman–Crippen LogP) is 1.92. The van der Waals surface area contributed by atoms with E-state index in [0.717, 1.165) is 27.4 Å².